The van der Waals surface area contributed by atoms with Crippen LogP contribution in [0.4, 0.5) is 18.0 Å². The maximum atomic E-state index is 12.8. The Morgan fingerprint density at radius 3 is 2.44 bits per heavy atom. The van der Waals surface area contributed by atoms with Crippen LogP contribution < -0.4 is 0 Å². The molecule has 1 fully saturated rings. The number of nitrogens with zero attached hydrogens (tertiary/aromatic N) is 2. The number of hydrogen-bond acceptors (Lipinski definition) is 2. The Bertz CT molecular complexity index is 684. The summed E-state index contributed by atoms with van der Waals surface area (Å²) in [5.41, 5.74) is 0.521. The van der Waals surface area contributed by atoms with Gasteiger partial charge in [0.05, 0.1) is 10.0 Å². The molecule has 0 radical (unpaired) electrons. The molecule has 25 heavy (non-hydrogen) atoms. The molecule has 5 nitrogen and oxygen atoms in total. The molecule has 1 aliphatic rings. The van der Waals surface area contributed by atoms with E-state index in [9.17, 15) is 27.9 Å². The number of rotatable bonds is 2. The Hall–Kier alpha value is -1.67. The van der Waals surface area contributed by atoms with Crippen LogP contribution in [0.2, 0.25) is 10.0 Å². The van der Waals surface area contributed by atoms with Crippen LogP contribution in [-0.2, 0) is 4.79 Å². The maximum absolute atomic E-state index is 12.8. The first kappa shape index (κ1) is 19.7. The molecule has 2 rings (SSSR count). The zero-order valence-corrected chi connectivity index (χ0v) is 14.6. The first-order valence-corrected chi connectivity index (χ1v) is 8.04. The molecule has 1 saturated heterocycles. The van der Waals surface area contributed by atoms with Gasteiger partial charge in [-0.15, -0.1) is 0 Å². The molecule has 0 aromatic heterocycles. The van der Waals surface area contributed by atoms with Crippen molar-refractivity contribution in [3.63, 3.8) is 0 Å². The van der Waals surface area contributed by atoms with Gasteiger partial charge in [-0.05, 0) is 24.1 Å². The summed E-state index contributed by atoms with van der Waals surface area (Å²) in [4.78, 5) is 24.6. The van der Waals surface area contributed by atoms with E-state index in [0.717, 1.165) is 11.9 Å². The summed E-state index contributed by atoms with van der Waals surface area (Å²) in [5, 5.41) is 9.66. The molecule has 138 valence electrons. The molecule has 1 aromatic rings. The van der Waals surface area contributed by atoms with Gasteiger partial charge in [0.1, 0.15) is 0 Å². The highest BCUT2D eigenvalue weighted by Crippen LogP contribution is 2.35. The molecule has 0 bridgehead atoms. The second kappa shape index (κ2) is 7.29. The van der Waals surface area contributed by atoms with Crippen LogP contribution in [0.5, 0.6) is 0 Å². The van der Waals surface area contributed by atoms with E-state index in [1.54, 1.807) is 6.07 Å². The topological polar surface area (TPSA) is 60.9 Å². The highest BCUT2D eigenvalue weighted by molar-refractivity contribution is 6.42. The fourth-order valence-corrected chi connectivity index (χ4v) is 3.30. The van der Waals surface area contributed by atoms with Crippen LogP contribution in [0.3, 0.4) is 0 Å². The Kier molecular flexibility index (Phi) is 5.73. The van der Waals surface area contributed by atoms with Crippen LogP contribution in [0.25, 0.3) is 0 Å². The van der Waals surface area contributed by atoms with Crippen molar-refractivity contribution in [2.75, 3.05) is 20.1 Å². The third-order valence-corrected chi connectivity index (χ3v) is 5.02. The monoisotopic (exact) mass is 398 g/mol. The van der Waals surface area contributed by atoms with Crippen molar-refractivity contribution in [2.45, 2.75) is 24.6 Å². The minimum atomic E-state index is -5.00. The lowest BCUT2D eigenvalue weighted by molar-refractivity contribution is -0.187. The molecule has 10 heteroatoms. The highest BCUT2D eigenvalue weighted by atomic mass is 35.5. The number of likely N-dealkylation sites (N-methyl/N-ethyl adjacent to an activating group) is 1. The second-order valence-electron chi connectivity index (χ2n) is 5.78. The standard InChI is InChI=1S/C15H15Cl2F3N2O3/c1-21(13(23)15(18,19)20)12-4-5-22(14(24)25)7-9(12)8-2-3-10(16)11(17)6-8/h2-3,6,9,12H,4-5,7H2,1H3,(H,24,25)/t9-,12+/m0/s1. The van der Waals surface area contributed by atoms with Crippen molar-refractivity contribution in [1.82, 2.24) is 9.80 Å². The fraction of sp³-hybridized carbons (Fsp3) is 0.467. The molecule has 1 N–H and O–H groups in total. The summed E-state index contributed by atoms with van der Waals surface area (Å²) in [7, 11) is 1.07. The lowest BCUT2D eigenvalue weighted by atomic mass is 9.85. The van der Waals surface area contributed by atoms with Crippen molar-refractivity contribution >= 4 is 35.2 Å². The van der Waals surface area contributed by atoms with Crippen LogP contribution >= 0.6 is 23.2 Å². The normalized spacial score (nSPS) is 21.1. The van der Waals surface area contributed by atoms with Crippen LogP contribution in [0.1, 0.15) is 17.9 Å². The van der Waals surface area contributed by atoms with Crippen LogP contribution in [0, 0.1) is 0 Å². The average Bonchev–Trinajstić information content (AvgIpc) is 2.54. The second-order valence-corrected chi connectivity index (χ2v) is 6.59. The number of alkyl halides is 3. The number of likely N-dealkylation sites (tertiary alicyclic amines) is 1. The first-order valence-electron chi connectivity index (χ1n) is 7.29. The molecule has 1 heterocycles. The summed E-state index contributed by atoms with van der Waals surface area (Å²) in [6.07, 6.45) is -6.09. The molecule has 0 aliphatic carbocycles. The number of carbonyl (C=O) groups excluding carboxylic acids is 1. The molecular weight excluding hydrogens is 384 g/mol. The Balaban J connectivity index is 2.37. The maximum Gasteiger partial charge on any atom is 0.471 e. The predicted molar refractivity (Wildman–Crippen MR) is 86.0 cm³/mol. The molecular formula is C15H15Cl2F3N2O3. The van der Waals surface area contributed by atoms with Gasteiger partial charge in [0.25, 0.3) is 0 Å². The van der Waals surface area contributed by atoms with E-state index in [0.29, 0.717) is 10.5 Å². The van der Waals surface area contributed by atoms with Crippen LogP contribution in [0.15, 0.2) is 18.2 Å². The summed E-state index contributed by atoms with van der Waals surface area (Å²) in [5.74, 6) is -2.62. The van der Waals surface area contributed by atoms with Gasteiger partial charge in [0.15, 0.2) is 0 Å². The van der Waals surface area contributed by atoms with E-state index in [2.05, 4.69) is 0 Å². The molecule has 2 amide bonds. The molecule has 0 unspecified atom stereocenters. The van der Waals surface area contributed by atoms with E-state index < -0.39 is 30.1 Å². The van der Waals surface area contributed by atoms with Crippen molar-refractivity contribution < 1.29 is 27.9 Å². The van der Waals surface area contributed by atoms with Gasteiger partial charge in [-0.1, -0.05) is 29.3 Å². The Morgan fingerprint density at radius 1 is 1.28 bits per heavy atom. The Morgan fingerprint density at radius 2 is 1.92 bits per heavy atom. The summed E-state index contributed by atoms with van der Waals surface area (Å²) < 4.78 is 38.3. The van der Waals surface area contributed by atoms with Crippen LogP contribution in [-0.4, -0.2) is 59.3 Å². The average molecular weight is 399 g/mol. The van der Waals surface area contributed by atoms with Gasteiger partial charge in [0, 0.05) is 32.1 Å². The van der Waals surface area contributed by atoms with E-state index >= 15 is 0 Å². The van der Waals surface area contributed by atoms with Gasteiger partial charge >= 0.3 is 18.2 Å². The first-order chi connectivity index (χ1) is 11.5. The van der Waals surface area contributed by atoms with E-state index in [1.165, 1.54) is 12.1 Å². The third-order valence-electron chi connectivity index (χ3n) is 4.28. The van der Waals surface area contributed by atoms with Gasteiger partial charge < -0.3 is 14.9 Å². The SMILES string of the molecule is CN(C(=O)C(F)(F)F)[C@@H]1CCN(C(=O)O)C[C@H]1c1ccc(Cl)c(Cl)c1. The zero-order valence-electron chi connectivity index (χ0n) is 13.1. The van der Waals surface area contributed by atoms with E-state index in [-0.39, 0.29) is 29.6 Å². The number of carboxylic acid groups (broad SMARTS) is 1. The Labute approximate surface area is 151 Å². The number of benzene rings is 1. The fourth-order valence-electron chi connectivity index (χ4n) is 3.00. The van der Waals surface area contributed by atoms with Crippen molar-refractivity contribution in [2.24, 2.45) is 0 Å². The largest absolute Gasteiger partial charge is 0.471 e. The molecule has 1 aromatic carbocycles. The minimum absolute atomic E-state index is 0.0350. The van der Waals surface area contributed by atoms with Gasteiger partial charge in [-0.2, -0.15) is 13.2 Å². The molecule has 2 atom stereocenters. The molecule has 1 aliphatic heterocycles. The lowest BCUT2D eigenvalue weighted by Crippen LogP contribution is -2.54. The van der Waals surface area contributed by atoms with Gasteiger partial charge in [-0.3, -0.25) is 4.79 Å². The summed E-state index contributed by atoms with van der Waals surface area (Å²) in [6, 6.07) is 3.73. The number of hydrogen-bond donors (Lipinski definition) is 1. The molecule has 0 saturated carbocycles. The summed E-state index contributed by atoms with van der Waals surface area (Å²) in [6.45, 7) is -0.0132. The van der Waals surface area contributed by atoms with E-state index in [1.807, 2.05) is 0 Å². The number of amides is 2. The quantitative estimate of drug-likeness (QED) is 0.822. The van der Waals surface area contributed by atoms with Crippen molar-refractivity contribution in [3.8, 4) is 0 Å². The minimum Gasteiger partial charge on any atom is -0.465 e. The number of halogens is 5. The van der Waals surface area contributed by atoms with Gasteiger partial charge in [0.2, 0.25) is 0 Å². The molecule has 0 spiro atoms. The van der Waals surface area contributed by atoms with Crippen molar-refractivity contribution in [3.05, 3.63) is 33.8 Å². The number of carbonyl (C=O) groups is 2. The number of piperidine rings is 1. The predicted octanol–water partition coefficient (Wildman–Crippen LogP) is 3.85. The third kappa shape index (κ3) is 4.30. The van der Waals surface area contributed by atoms with E-state index in [4.69, 9.17) is 23.2 Å². The van der Waals surface area contributed by atoms with Crippen molar-refractivity contribution in [1.29, 1.82) is 0 Å². The highest BCUT2D eigenvalue weighted by Gasteiger charge is 2.46. The summed E-state index contributed by atoms with van der Waals surface area (Å²) >= 11 is 11.8. The smallest absolute Gasteiger partial charge is 0.465 e. The zero-order chi connectivity index (χ0) is 18.9. The lowest BCUT2D eigenvalue weighted by Gasteiger charge is -2.42. The van der Waals surface area contributed by atoms with Gasteiger partial charge in [-0.25, -0.2) is 4.79 Å².